The fourth-order valence-corrected chi connectivity index (χ4v) is 2.97. The summed E-state index contributed by atoms with van der Waals surface area (Å²) < 4.78 is 0. The van der Waals surface area contributed by atoms with Crippen molar-refractivity contribution in [2.45, 2.75) is 6.42 Å². The van der Waals surface area contributed by atoms with Crippen LogP contribution in [-0.2, 0) is 0 Å². The minimum absolute atomic E-state index is 0.0138. The van der Waals surface area contributed by atoms with Crippen LogP contribution in [0.4, 0.5) is 0 Å². The molecule has 0 N–H and O–H groups in total. The van der Waals surface area contributed by atoms with Crippen molar-refractivity contribution in [1.82, 2.24) is 0 Å². The fraction of sp³-hybridized carbons (Fsp3) is 0.0588. The molecule has 0 atom stereocenters. The highest BCUT2D eigenvalue weighted by atomic mass is 16.1. The average molecular weight is 246 g/mol. The van der Waals surface area contributed by atoms with Gasteiger partial charge in [0.2, 0.25) is 0 Å². The van der Waals surface area contributed by atoms with Crippen LogP contribution in [0.1, 0.15) is 27.1 Å². The number of rotatable bonds is 0. The molecule has 4 rings (SSSR count). The average Bonchev–Trinajstić information content (AvgIpc) is 2.42. The number of benzene rings is 3. The van der Waals surface area contributed by atoms with E-state index in [2.05, 4.69) is 0 Å². The largest absolute Gasteiger partial charge is 0.294 e. The van der Waals surface area contributed by atoms with Gasteiger partial charge >= 0.3 is 0 Å². The predicted octanol–water partition coefficient (Wildman–Crippen LogP) is 3.76. The molecule has 1 aliphatic rings. The van der Waals surface area contributed by atoms with Crippen molar-refractivity contribution in [2.75, 3.05) is 0 Å². The van der Waals surface area contributed by atoms with Gasteiger partial charge in [-0.1, -0.05) is 42.5 Å². The van der Waals surface area contributed by atoms with Crippen LogP contribution in [-0.4, -0.2) is 11.6 Å². The SMILES string of the molecule is O=C1CC(=O)c2c3ccccc3cc3cccc1c23. The first-order chi connectivity index (χ1) is 9.25. The lowest BCUT2D eigenvalue weighted by molar-refractivity contribution is 0.0891. The molecule has 19 heavy (non-hydrogen) atoms. The zero-order valence-electron chi connectivity index (χ0n) is 10.1. The Bertz CT molecular complexity index is 875. The number of ketones is 2. The summed E-state index contributed by atoms with van der Waals surface area (Å²) in [6, 6.07) is 15.5. The van der Waals surface area contributed by atoms with Gasteiger partial charge in [0.15, 0.2) is 11.6 Å². The van der Waals surface area contributed by atoms with Crippen LogP contribution in [0.15, 0.2) is 48.5 Å². The summed E-state index contributed by atoms with van der Waals surface area (Å²) in [5.41, 5.74) is 1.39. The molecule has 0 bridgehead atoms. The maximum atomic E-state index is 12.3. The Hall–Kier alpha value is -2.48. The summed E-state index contributed by atoms with van der Waals surface area (Å²) in [6.07, 6.45) is -0.0138. The van der Waals surface area contributed by atoms with E-state index in [1.165, 1.54) is 0 Å². The number of hydrogen-bond donors (Lipinski definition) is 0. The highest BCUT2D eigenvalue weighted by molar-refractivity contribution is 6.32. The number of carbonyl (C=O) groups is 2. The lowest BCUT2D eigenvalue weighted by atomic mass is 9.84. The molecule has 0 aliphatic heterocycles. The second-order valence-corrected chi connectivity index (χ2v) is 4.90. The van der Waals surface area contributed by atoms with Crippen molar-refractivity contribution >= 4 is 33.1 Å². The van der Waals surface area contributed by atoms with Crippen LogP contribution >= 0.6 is 0 Å². The molecule has 0 spiro atoms. The molecule has 0 unspecified atom stereocenters. The first-order valence-corrected chi connectivity index (χ1v) is 6.26. The van der Waals surface area contributed by atoms with Gasteiger partial charge in [0.1, 0.15) is 0 Å². The van der Waals surface area contributed by atoms with Crippen LogP contribution < -0.4 is 0 Å². The van der Waals surface area contributed by atoms with E-state index < -0.39 is 0 Å². The van der Waals surface area contributed by atoms with Gasteiger partial charge in [-0.25, -0.2) is 0 Å². The van der Waals surface area contributed by atoms with Crippen LogP contribution in [0, 0.1) is 0 Å². The Morgan fingerprint density at radius 2 is 1.58 bits per heavy atom. The van der Waals surface area contributed by atoms with E-state index in [0.29, 0.717) is 11.1 Å². The van der Waals surface area contributed by atoms with Gasteiger partial charge in [0.25, 0.3) is 0 Å². The quantitative estimate of drug-likeness (QED) is 0.447. The molecule has 3 aromatic rings. The van der Waals surface area contributed by atoms with Crippen molar-refractivity contribution in [1.29, 1.82) is 0 Å². The molecule has 1 aliphatic carbocycles. The molecule has 90 valence electrons. The molecule has 2 nitrogen and oxygen atoms in total. The zero-order valence-corrected chi connectivity index (χ0v) is 10.1. The van der Waals surface area contributed by atoms with Gasteiger partial charge in [-0.15, -0.1) is 0 Å². The summed E-state index contributed by atoms with van der Waals surface area (Å²) in [5, 5.41) is 3.78. The van der Waals surface area contributed by atoms with E-state index in [1.807, 2.05) is 48.5 Å². The molecule has 0 saturated carbocycles. The fourth-order valence-electron chi connectivity index (χ4n) is 2.97. The van der Waals surface area contributed by atoms with Crippen LogP contribution in [0.2, 0.25) is 0 Å². The minimum atomic E-state index is -0.0709. The van der Waals surface area contributed by atoms with Crippen molar-refractivity contribution in [2.24, 2.45) is 0 Å². The van der Waals surface area contributed by atoms with Crippen molar-refractivity contribution in [3.05, 3.63) is 59.7 Å². The maximum absolute atomic E-state index is 12.3. The first-order valence-electron chi connectivity index (χ1n) is 6.26. The molecule has 0 heterocycles. The van der Waals surface area contributed by atoms with Crippen LogP contribution in [0.5, 0.6) is 0 Å². The molecule has 2 heteroatoms. The third kappa shape index (κ3) is 1.31. The van der Waals surface area contributed by atoms with E-state index in [-0.39, 0.29) is 18.0 Å². The van der Waals surface area contributed by atoms with Gasteiger partial charge in [-0.3, -0.25) is 9.59 Å². The van der Waals surface area contributed by atoms with E-state index in [1.54, 1.807) is 0 Å². The van der Waals surface area contributed by atoms with Gasteiger partial charge in [0.05, 0.1) is 6.42 Å². The molecule has 0 amide bonds. The predicted molar refractivity (Wildman–Crippen MR) is 74.7 cm³/mol. The topological polar surface area (TPSA) is 34.1 Å². The van der Waals surface area contributed by atoms with Crippen molar-refractivity contribution in [3.63, 3.8) is 0 Å². The lowest BCUT2D eigenvalue weighted by Crippen LogP contribution is -2.16. The second-order valence-electron chi connectivity index (χ2n) is 4.90. The summed E-state index contributed by atoms with van der Waals surface area (Å²) >= 11 is 0. The second kappa shape index (κ2) is 3.51. The van der Waals surface area contributed by atoms with Gasteiger partial charge in [-0.2, -0.15) is 0 Å². The highest BCUT2D eigenvalue weighted by Crippen LogP contribution is 2.35. The van der Waals surface area contributed by atoms with E-state index in [0.717, 1.165) is 21.5 Å². The zero-order chi connectivity index (χ0) is 13.0. The first kappa shape index (κ1) is 10.4. The number of Topliss-reactive ketones (excluding diaryl/α,β-unsaturated/α-hetero) is 2. The highest BCUT2D eigenvalue weighted by Gasteiger charge is 2.26. The van der Waals surface area contributed by atoms with Gasteiger partial charge < -0.3 is 0 Å². The van der Waals surface area contributed by atoms with Crippen LogP contribution in [0.25, 0.3) is 21.5 Å². The Kier molecular flexibility index (Phi) is 1.93. The maximum Gasteiger partial charge on any atom is 0.171 e. The summed E-state index contributed by atoms with van der Waals surface area (Å²) in [4.78, 5) is 24.3. The monoisotopic (exact) mass is 246 g/mol. The Morgan fingerprint density at radius 3 is 2.47 bits per heavy atom. The Morgan fingerprint density at radius 1 is 0.789 bits per heavy atom. The normalized spacial score (nSPS) is 14.3. The molecular formula is C17H10O2. The van der Waals surface area contributed by atoms with E-state index in [9.17, 15) is 9.59 Å². The Labute approximate surface area is 109 Å². The molecule has 0 saturated heterocycles. The minimum Gasteiger partial charge on any atom is -0.294 e. The van der Waals surface area contributed by atoms with Gasteiger partial charge in [-0.05, 0) is 22.2 Å². The van der Waals surface area contributed by atoms with E-state index in [4.69, 9.17) is 0 Å². The van der Waals surface area contributed by atoms with E-state index >= 15 is 0 Å². The Balaban J connectivity index is 2.35. The molecular weight excluding hydrogens is 236 g/mol. The smallest absolute Gasteiger partial charge is 0.171 e. The van der Waals surface area contributed by atoms with Crippen LogP contribution in [0.3, 0.4) is 0 Å². The summed E-state index contributed by atoms with van der Waals surface area (Å²) in [7, 11) is 0. The summed E-state index contributed by atoms with van der Waals surface area (Å²) in [6.45, 7) is 0. The lowest BCUT2D eigenvalue weighted by Gasteiger charge is -2.17. The van der Waals surface area contributed by atoms with Gasteiger partial charge in [0, 0.05) is 16.5 Å². The number of carbonyl (C=O) groups excluding carboxylic acids is 2. The third-order valence-corrected chi connectivity index (χ3v) is 3.79. The molecule has 0 fully saturated rings. The molecule has 0 aromatic heterocycles. The third-order valence-electron chi connectivity index (χ3n) is 3.79. The number of hydrogen-bond acceptors (Lipinski definition) is 2. The molecule has 0 radical (unpaired) electrons. The molecule has 3 aromatic carbocycles. The van der Waals surface area contributed by atoms with Crippen molar-refractivity contribution < 1.29 is 9.59 Å². The number of fused-ring (bicyclic) bond motifs is 2. The standard InChI is InChI=1S/C17H10O2/c18-14-9-15(19)17-12-6-2-1-4-10(12)8-11-5-3-7-13(14)16(11)17/h1-8H,9H2. The summed E-state index contributed by atoms with van der Waals surface area (Å²) in [5.74, 6) is -0.135. The van der Waals surface area contributed by atoms with Crippen molar-refractivity contribution in [3.8, 4) is 0 Å².